The number of nitrogens with zero attached hydrogens (tertiary/aromatic N) is 1. The summed E-state index contributed by atoms with van der Waals surface area (Å²) in [5.74, 6) is 0. The molecule has 0 saturated carbocycles. The molecule has 2 aliphatic rings. The molecule has 0 saturated heterocycles. The number of hydrogen-bond donors (Lipinski definition) is 0. The molecule has 1 nitrogen and oxygen atoms in total. The Morgan fingerprint density at radius 2 is 2.00 bits per heavy atom. The van der Waals surface area contributed by atoms with E-state index in [0.717, 1.165) is 13.0 Å². The average Bonchev–Trinajstić information content (AvgIpc) is 2.91. The predicted molar refractivity (Wildman–Crippen MR) is 71.9 cm³/mol. The van der Waals surface area contributed by atoms with E-state index in [1.165, 1.54) is 24.1 Å². The van der Waals surface area contributed by atoms with E-state index in [1.54, 1.807) is 5.57 Å². The van der Waals surface area contributed by atoms with E-state index >= 15 is 0 Å². The largest absolute Gasteiger partial charge is 0.292 e. The highest BCUT2D eigenvalue weighted by molar-refractivity contribution is 5.31. The highest BCUT2D eigenvalue weighted by Crippen LogP contribution is 2.25. The zero-order valence-electron chi connectivity index (χ0n) is 10.4. The molecule has 0 spiro atoms. The van der Waals surface area contributed by atoms with Gasteiger partial charge in [0.25, 0.3) is 0 Å². The fourth-order valence-corrected chi connectivity index (χ4v) is 2.86. The second-order valence-electron chi connectivity index (χ2n) is 5.04. The summed E-state index contributed by atoms with van der Waals surface area (Å²) in [6.45, 7) is 4.64. The standard InChI is InChI=1S/C16H19N/c1-13(14-6-2-3-7-14)17-11-10-15-8-4-5-9-16(15)12-17/h2-6,8-9,13H,7,10-12H2,1H3. The van der Waals surface area contributed by atoms with Gasteiger partial charge in [-0.15, -0.1) is 0 Å². The van der Waals surface area contributed by atoms with Crippen LogP contribution >= 0.6 is 0 Å². The first-order chi connectivity index (χ1) is 8.34. The molecule has 1 aliphatic heterocycles. The third-order valence-corrected chi connectivity index (χ3v) is 4.04. The van der Waals surface area contributed by atoms with Crippen molar-refractivity contribution >= 4 is 0 Å². The van der Waals surface area contributed by atoms with Gasteiger partial charge in [-0.05, 0) is 36.5 Å². The summed E-state index contributed by atoms with van der Waals surface area (Å²) in [7, 11) is 0. The Morgan fingerprint density at radius 3 is 2.76 bits per heavy atom. The van der Waals surface area contributed by atoms with Gasteiger partial charge in [0.15, 0.2) is 0 Å². The van der Waals surface area contributed by atoms with Gasteiger partial charge in [-0.1, -0.05) is 42.5 Å². The van der Waals surface area contributed by atoms with Crippen molar-refractivity contribution in [1.29, 1.82) is 0 Å². The van der Waals surface area contributed by atoms with Crippen LogP contribution in [0.15, 0.2) is 48.1 Å². The van der Waals surface area contributed by atoms with Gasteiger partial charge in [-0.3, -0.25) is 4.90 Å². The Hall–Kier alpha value is -1.34. The van der Waals surface area contributed by atoms with Crippen molar-refractivity contribution in [3.8, 4) is 0 Å². The highest BCUT2D eigenvalue weighted by atomic mass is 15.2. The van der Waals surface area contributed by atoms with Crippen LogP contribution in [-0.4, -0.2) is 17.5 Å². The van der Waals surface area contributed by atoms with Gasteiger partial charge >= 0.3 is 0 Å². The molecule has 1 unspecified atom stereocenters. The smallest absolute Gasteiger partial charge is 0.0289 e. The lowest BCUT2D eigenvalue weighted by molar-refractivity contribution is 0.213. The van der Waals surface area contributed by atoms with Crippen LogP contribution in [0.5, 0.6) is 0 Å². The lowest BCUT2D eigenvalue weighted by Gasteiger charge is -2.34. The van der Waals surface area contributed by atoms with Gasteiger partial charge in [0, 0.05) is 19.1 Å². The van der Waals surface area contributed by atoms with Crippen molar-refractivity contribution in [2.75, 3.05) is 6.54 Å². The van der Waals surface area contributed by atoms with Crippen LogP contribution in [0.3, 0.4) is 0 Å². The summed E-state index contributed by atoms with van der Waals surface area (Å²) in [4.78, 5) is 2.60. The molecule has 1 heterocycles. The summed E-state index contributed by atoms with van der Waals surface area (Å²) >= 11 is 0. The minimum Gasteiger partial charge on any atom is -0.292 e. The number of fused-ring (bicyclic) bond motifs is 1. The Bertz CT molecular complexity index is 470. The van der Waals surface area contributed by atoms with Crippen molar-refractivity contribution in [2.45, 2.75) is 32.4 Å². The van der Waals surface area contributed by atoms with E-state index in [1.807, 2.05) is 0 Å². The second-order valence-corrected chi connectivity index (χ2v) is 5.04. The molecule has 0 N–H and O–H groups in total. The maximum Gasteiger partial charge on any atom is 0.0289 e. The van der Waals surface area contributed by atoms with E-state index in [4.69, 9.17) is 0 Å². The van der Waals surface area contributed by atoms with Gasteiger partial charge in [-0.25, -0.2) is 0 Å². The third kappa shape index (κ3) is 2.07. The Labute approximate surface area is 103 Å². The van der Waals surface area contributed by atoms with Crippen LogP contribution in [0.1, 0.15) is 24.5 Å². The maximum absolute atomic E-state index is 2.60. The van der Waals surface area contributed by atoms with Crippen molar-refractivity contribution in [3.63, 3.8) is 0 Å². The molecule has 0 fully saturated rings. The third-order valence-electron chi connectivity index (χ3n) is 4.04. The van der Waals surface area contributed by atoms with E-state index in [-0.39, 0.29) is 0 Å². The lowest BCUT2D eigenvalue weighted by Crippen LogP contribution is -2.38. The highest BCUT2D eigenvalue weighted by Gasteiger charge is 2.22. The van der Waals surface area contributed by atoms with Crippen LogP contribution in [0.25, 0.3) is 0 Å². The number of rotatable bonds is 2. The Balaban J connectivity index is 1.75. The molecule has 3 rings (SSSR count). The maximum atomic E-state index is 2.60. The van der Waals surface area contributed by atoms with Crippen LogP contribution in [0, 0.1) is 0 Å². The lowest BCUT2D eigenvalue weighted by atomic mass is 9.97. The van der Waals surface area contributed by atoms with E-state index < -0.39 is 0 Å². The van der Waals surface area contributed by atoms with Gasteiger partial charge in [0.1, 0.15) is 0 Å². The molecule has 1 aromatic rings. The first-order valence-corrected chi connectivity index (χ1v) is 6.51. The topological polar surface area (TPSA) is 3.24 Å². The molecule has 1 heteroatoms. The molecule has 0 amide bonds. The van der Waals surface area contributed by atoms with E-state index in [9.17, 15) is 0 Å². The zero-order valence-corrected chi connectivity index (χ0v) is 10.4. The molecule has 1 aliphatic carbocycles. The van der Waals surface area contributed by atoms with Crippen LogP contribution in [0.4, 0.5) is 0 Å². The minimum absolute atomic E-state index is 0.582. The molecule has 0 radical (unpaired) electrons. The Morgan fingerprint density at radius 1 is 1.18 bits per heavy atom. The average molecular weight is 225 g/mol. The number of benzene rings is 1. The molecule has 1 aromatic carbocycles. The second kappa shape index (κ2) is 4.50. The SMILES string of the molecule is CC(C1=CC=CC1)N1CCc2ccccc2C1. The summed E-state index contributed by atoms with van der Waals surface area (Å²) in [5.41, 5.74) is 4.61. The molecule has 1 atom stereocenters. The quantitative estimate of drug-likeness (QED) is 0.746. The number of hydrogen-bond acceptors (Lipinski definition) is 1. The normalized spacial score (nSPS) is 21.1. The monoisotopic (exact) mass is 225 g/mol. The first kappa shape index (κ1) is 10.8. The predicted octanol–water partition coefficient (Wildman–Crippen LogP) is 3.32. The fourth-order valence-electron chi connectivity index (χ4n) is 2.86. The van der Waals surface area contributed by atoms with Crippen LogP contribution < -0.4 is 0 Å². The molecular weight excluding hydrogens is 206 g/mol. The van der Waals surface area contributed by atoms with Crippen molar-refractivity contribution in [1.82, 2.24) is 4.90 Å². The molecule has 17 heavy (non-hydrogen) atoms. The summed E-state index contributed by atoms with van der Waals surface area (Å²) < 4.78 is 0. The molecule has 0 aromatic heterocycles. The van der Waals surface area contributed by atoms with Gasteiger partial charge < -0.3 is 0 Å². The summed E-state index contributed by atoms with van der Waals surface area (Å²) in [6.07, 6.45) is 9.05. The summed E-state index contributed by atoms with van der Waals surface area (Å²) in [6, 6.07) is 9.44. The van der Waals surface area contributed by atoms with E-state index in [2.05, 4.69) is 54.3 Å². The van der Waals surface area contributed by atoms with Gasteiger partial charge in [0.2, 0.25) is 0 Å². The van der Waals surface area contributed by atoms with Gasteiger partial charge in [-0.2, -0.15) is 0 Å². The van der Waals surface area contributed by atoms with Gasteiger partial charge in [0.05, 0.1) is 0 Å². The Kier molecular flexibility index (Phi) is 2.86. The molecule has 0 bridgehead atoms. The first-order valence-electron chi connectivity index (χ1n) is 6.51. The van der Waals surface area contributed by atoms with E-state index in [0.29, 0.717) is 6.04 Å². The van der Waals surface area contributed by atoms with Crippen molar-refractivity contribution < 1.29 is 0 Å². The van der Waals surface area contributed by atoms with Crippen molar-refractivity contribution in [2.24, 2.45) is 0 Å². The van der Waals surface area contributed by atoms with Crippen LogP contribution in [-0.2, 0) is 13.0 Å². The number of allylic oxidation sites excluding steroid dienone is 3. The fraction of sp³-hybridized carbons (Fsp3) is 0.375. The molecular formula is C16H19N. The minimum atomic E-state index is 0.582. The molecule has 88 valence electrons. The summed E-state index contributed by atoms with van der Waals surface area (Å²) in [5, 5.41) is 0. The van der Waals surface area contributed by atoms with Crippen LogP contribution in [0.2, 0.25) is 0 Å². The van der Waals surface area contributed by atoms with Crippen molar-refractivity contribution in [3.05, 3.63) is 59.2 Å². The zero-order chi connectivity index (χ0) is 11.7.